The summed E-state index contributed by atoms with van der Waals surface area (Å²) < 4.78 is 7.38. The lowest BCUT2D eigenvalue weighted by Gasteiger charge is -2.26. The van der Waals surface area contributed by atoms with E-state index >= 15 is 0 Å². The number of piperidine rings is 1. The molecule has 0 unspecified atom stereocenters. The molecular weight excluding hydrogens is 342 g/mol. The van der Waals surface area contributed by atoms with E-state index in [1.165, 1.54) is 17.1 Å². The zero-order chi connectivity index (χ0) is 18.8. The molecule has 1 aliphatic rings. The van der Waals surface area contributed by atoms with E-state index in [4.69, 9.17) is 4.74 Å². The first-order chi connectivity index (χ1) is 13.1. The van der Waals surface area contributed by atoms with Gasteiger partial charge in [0.2, 0.25) is 0 Å². The van der Waals surface area contributed by atoms with Crippen molar-refractivity contribution in [2.24, 2.45) is 7.05 Å². The maximum atomic E-state index is 12.7. The molecular formula is C21H21N3O3. The summed E-state index contributed by atoms with van der Waals surface area (Å²) >= 11 is 0. The zero-order valence-corrected chi connectivity index (χ0v) is 15.2. The fourth-order valence-electron chi connectivity index (χ4n) is 3.34. The van der Waals surface area contributed by atoms with Crippen molar-refractivity contribution in [3.63, 3.8) is 0 Å². The van der Waals surface area contributed by atoms with E-state index in [0.29, 0.717) is 22.6 Å². The molecule has 0 saturated carbocycles. The number of fused-ring (bicyclic) bond motifs is 1. The summed E-state index contributed by atoms with van der Waals surface area (Å²) in [5.41, 5.74) is 1.20. The molecule has 0 atom stereocenters. The molecule has 3 heterocycles. The van der Waals surface area contributed by atoms with Crippen molar-refractivity contribution >= 4 is 16.8 Å². The van der Waals surface area contributed by atoms with Crippen LogP contribution in [0.2, 0.25) is 0 Å². The molecule has 2 aromatic heterocycles. The number of carbonyl (C=O) groups excluding carboxylic acids is 1. The molecule has 1 aliphatic heterocycles. The van der Waals surface area contributed by atoms with Crippen LogP contribution < -0.4 is 10.3 Å². The van der Waals surface area contributed by atoms with Crippen molar-refractivity contribution in [2.75, 3.05) is 13.1 Å². The minimum absolute atomic E-state index is 0.0521. The third-order valence-corrected chi connectivity index (χ3v) is 4.90. The van der Waals surface area contributed by atoms with Gasteiger partial charge in [-0.15, -0.1) is 0 Å². The summed E-state index contributed by atoms with van der Waals surface area (Å²) in [7, 11) is 1.69. The maximum Gasteiger partial charge on any atom is 0.253 e. The van der Waals surface area contributed by atoms with Crippen molar-refractivity contribution in [1.82, 2.24) is 14.5 Å². The van der Waals surface area contributed by atoms with E-state index in [9.17, 15) is 9.59 Å². The molecule has 0 radical (unpaired) electrons. The number of ether oxygens (including phenoxy) is 1. The summed E-state index contributed by atoms with van der Waals surface area (Å²) in [6.07, 6.45) is 6.62. The fraction of sp³-hybridized carbons (Fsp3) is 0.286. The van der Waals surface area contributed by atoms with Crippen LogP contribution in [0.5, 0.6) is 11.5 Å². The van der Waals surface area contributed by atoms with Gasteiger partial charge < -0.3 is 14.2 Å². The monoisotopic (exact) mass is 363 g/mol. The molecule has 0 spiro atoms. The summed E-state index contributed by atoms with van der Waals surface area (Å²) in [6, 6.07) is 10.4. The van der Waals surface area contributed by atoms with E-state index in [1.54, 1.807) is 31.6 Å². The smallest absolute Gasteiger partial charge is 0.253 e. The van der Waals surface area contributed by atoms with E-state index in [2.05, 4.69) is 4.98 Å². The number of hydrogen-bond donors (Lipinski definition) is 0. The van der Waals surface area contributed by atoms with E-state index < -0.39 is 0 Å². The maximum absolute atomic E-state index is 12.7. The second-order valence-electron chi connectivity index (χ2n) is 6.81. The van der Waals surface area contributed by atoms with Crippen LogP contribution in [-0.4, -0.2) is 33.4 Å². The Morgan fingerprint density at radius 1 is 1.07 bits per heavy atom. The minimum Gasteiger partial charge on any atom is -0.456 e. The summed E-state index contributed by atoms with van der Waals surface area (Å²) in [6.45, 7) is 1.63. The number of rotatable bonds is 3. The molecule has 1 saturated heterocycles. The predicted octanol–water partition coefficient (Wildman–Crippen LogP) is 3.35. The Bertz CT molecular complexity index is 1050. The number of nitrogens with zero attached hydrogens (tertiary/aromatic N) is 3. The van der Waals surface area contributed by atoms with Crippen LogP contribution in [0.3, 0.4) is 0 Å². The SMILES string of the molecule is Cn1ccc(Oc2ccnc3cc(C(=O)N4CCCCC4)ccc23)cc1=O. The molecule has 6 heteroatoms. The number of amides is 1. The quantitative estimate of drug-likeness (QED) is 0.716. The van der Waals surface area contributed by atoms with Gasteiger partial charge in [-0.05, 0) is 49.6 Å². The standard InChI is InChI=1S/C21H21N3O3/c1-23-12-8-16(14-20(23)25)27-19-7-9-22-18-13-15(5-6-17(18)19)21(26)24-10-3-2-4-11-24/h5-9,12-14H,2-4,10-11H2,1H3. The van der Waals surface area contributed by atoms with Crippen molar-refractivity contribution in [1.29, 1.82) is 0 Å². The van der Waals surface area contributed by atoms with Gasteiger partial charge in [0, 0.05) is 49.5 Å². The highest BCUT2D eigenvalue weighted by Crippen LogP contribution is 2.29. The minimum atomic E-state index is -0.139. The Morgan fingerprint density at radius 3 is 2.67 bits per heavy atom. The Hall–Kier alpha value is -3.15. The molecule has 0 bridgehead atoms. The molecule has 138 valence electrons. The predicted molar refractivity (Wildman–Crippen MR) is 103 cm³/mol. The summed E-state index contributed by atoms with van der Waals surface area (Å²) in [5.74, 6) is 1.13. The van der Waals surface area contributed by atoms with E-state index in [1.807, 2.05) is 23.1 Å². The van der Waals surface area contributed by atoms with Gasteiger partial charge in [0.05, 0.1) is 5.52 Å². The van der Waals surface area contributed by atoms with Gasteiger partial charge in [-0.2, -0.15) is 0 Å². The van der Waals surface area contributed by atoms with Crippen LogP contribution in [0.15, 0.2) is 53.6 Å². The molecule has 3 aromatic rings. The Balaban J connectivity index is 1.64. The number of likely N-dealkylation sites (tertiary alicyclic amines) is 1. The first-order valence-corrected chi connectivity index (χ1v) is 9.14. The van der Waals surface area contributed by atoms with Crippen molar-refractivity contribution in [2.45, 2.75) is 19.3 Å². The number of aryl methyl sites for hydroxylation is 1. The highest BCUT2D eigenvalue weighted by Gasteiger charge is 2.19. The molecule has 1 aromatic carbocycles. The normalized spacial score (nSPS) is 14.3. The van der Waals surface area contributed by atoms with E-state index in [0.717, 1.165) is 31.3 Å². The Labute approximate surface area is 157 Å². The second-order valence-corrected chi connectivity index (χ2v) is 6.81. The largest absolute Gasteiger partial charge is 0.456 e. The topological polar surface area (TPSA) is 64.4 Å². The number of carbonyl (C=O) groups is 1. The molecule has 0 N–H and O–H groups in total. The van der Waals surface area contributed by atoms with Crippen LogP contribution in [0.25, 0.3) is 10.9 Å². The van der Waals surface area contributed by atoms with Crippen LogP contribution >= 0.6 is 0 Å². The number of benzene rings is 1. The van der Waals surface area contributed by atoms with Crippen LogP contribution in [0.1, 0.15) is 29.6 Å². The summed E-state index contributed by atoms with van der Waals surface area (Å²) in [4.78, 5) is 30.8. The lowest BCUT2D eigenvalue weighted by Crippen LogP contribution is -2.35. The average molecular weight is 363 g/mol. The molecule has 6 nitrogen and oxygen atoms in total. The highest BCUT2D eigenvalue weighted by atomic mass is 16.5. The zero-order valence-electron chi connectivity index (χ0n) is 15.2. The third-order valence-electron chi connectivity index (χ3n) is 4.90. The van der Waals surface area contributed by atoms with Crippen molar-refractivity contribution in [3.05, 3.63) is 64.7 Å². The van der Waals surface area contributed by atoms with Gasteiger partial charge >= 0.3 is 0 Å². The van der Waals surface area contributed by atoms with Crippen molar-refractivity contribution < 1.29 is 9.53 Å². The highest BCUT2D eigenvalue weighted by molar-refractivity contribution is 5.98. The van der Waals surface area contributed by atoms with Crippen LogP contribution in [0.4, 0.5) is 0 Å². The van der Waals surface area contributed by atoms with Gasteiger partial charge in [-0.3, -0.25) is 14.6 Å². The molecule has 0 aliphatic carbocycles. The molecule has 1 fully saturated rings. The average Bonchev–Trinajstić information content (AvgIpc) is 2.71. The number of aromatic nitrogens is 2. The van der Waals surface area contributed by atoms with Crippen LogP contribution in [-0.2, 0) is 7.05 Å². The molecule has 27 heavy (non-hydrogen) atoms. The summed E-state index contributed by atoms with van der Waals surface area (Å²) in [5, 5.41) is 0.799. The van der Waals surface area contributed by atoms with Gasteiger partial charge in [-0.25, -0.2) is 0 Å². The first kappa shape index (κ1) is 17.3. The lowest BCUT2D eigenvalue weighted by atomic mass is 10.1. The van der Waals surface area contributed by atoms with E-state index in [-0.39, 0.29) is 11.5 Å². The molecule has 4 rings (SSSR count). The van der Waals surface area contributed by atoms with Gasteiger partial charge in [0.15, 0.2) is 0 Å². The van der Waals surface area contributed by atoms with Crippen LogP contribution in [0, 0.1) is 0 Å². The van der Waals surface area contributed by atoms with Crippen molar-refractivity contribution in [3.8, 4) is 11.5 Å². The number of hydrogen-bond acceptors (Lipinski definition) is 4. The third kappa shape index (κ3) is 3.56. The Morgan fingerprint density at radius 2 is 1.89 bits per heavy atom. The molecule has 1 amide bonds. The van der Waals surface area contributed by atoms with Gasteiger partial charge in [-0.1, -0.05) is 0 Å². The number of pyridine rings is 2. The second kappa shape index (κ2) is 7.23. The van der Waals surface area contributed by atoms with Gasteiger partial charge in [0.1, 0.15) is 11.5 Å². The Kier molecular flexibility index (Phi) is 4.62. The van der Waals surface area contributed by atoms with Gasteiger partial charge in [0.25, 0.3) is 11.5 Å². The lowest BCUT2D eigenvalue weighted by molar-refractivity contribution is 0.0724. The first-order valence-electron chi connectivity index (χ1n) is 9.14. The fourth-order valence-corrected chi connectivity index (χ4v) is 3.34.